The summed E-state index contributed by atoms with van der Waals surface area (Å²) in [6.07, 6.45) is 0.780. The molecule has 0 spiro atoms. The van der Waals surface area contributed by atoms with Gasteiger partial charge in [-0.25, -0.2) is 12.7 Å². The van der Waals surface area contributed by atoms with Crippen molar-refractivity contribution in [2.45, 2.75) is 25.9 Å². The number of carbonyl (C=O) groups is 3. The highest BCUT2D eigenvalue weighted by molar-refractivity contribution is 7.88. The highest BCUT2D eigenvalue weighted by atomic mass is 32.2. The molecule has 1 fully saturated rings. The molecule has 10 heteroatoms. The van der Waals surface area contributed by atoms with Gasteiger partial charge in [-0.2, -0.15) is 0 Å². The van der Waals surface area contributed by atoms with E-state index >= 15 is 0 Å². The van der Waals surface area contributed by atoms with Crippen molar-refractivity contribution in [2.24, 2.45) is 5.92 Å². The van der Waals surface area contributed by atoms with Gasteiger partial charge in [-0.1, -0.05) is 12.1 Å². The maximum absolute atomic E-state index is 12.8. The molecule has 3 rings (SSSR count). The van der Waals surface area contributed by atoms with Gasteiger partial charge in [0.05, 0.1) is 23.5 Å². The number of nitrogens with zero attached hydrogens (tertiary/aromatic N) is 2. The molecule has 2 aliphatic rings. The minimum atomic E-state index is -3.28. The van der Waals surface area contributed by atoms with E-state index in [-0.39, 0.29) is 25.5 Å². The van der Waals surface area contributed by atoms with E-state index in [1.165, 1.54) is 16.1 Å². The number of benzene rings is 1. The minimum Gasteiger partial charge on any atom is -0.452 e. The number of hydrogen-bond acceptors (Lipinski definition) is 6. The van der Waals surface area contributed by atoms with Crippen LogP contribution in [0, 0.1) is 5.92 Å². The number of rotatable bonds is 4. The lowest BCUT2D eigenvalue weighted by Gasteiger charge is -2.32. The SMILES string of the molecule is CC(OC(=O)C1CCN(S(C)(=O)=O)CC1)C(=O)N1CC(=O)Nc2ccccc21. The van der Waals surface area contributed by atoms with Gasteiger partial charge in [0.25, 0.3) is 5.91 Å². The van der Waals surface area contributed by atoms with Crippen molar-refractivity contribution < 1.29 is 27.5 Å². The Labute approximate surface area is 163 Å². The first-order chi connectivity index (χ1) is 13.2. The molecule has 1 N–H and O–H groups in total. The average Bonchev–Trinajstić information content (AvgIpc) is 2.66. The Bertz CT molecular complexity index is 892. The van der Waals surface area contributed by atoms with E-state index in [1.54, 1.807) is 24.3 Å². The molecule has 0 aliphatic carbocycles. The number of carbonyl (C=O) groups excluding carboxylic acids is 3. The minimum absolute atomic E-state index is 0.148. The van der Waals surface area contributed by atoms with Gasteiger partial charge < -0.3 is 10.1 Å². The fraction of sp³-hybridized carbons (Fsp3) is 0.500. The van der Waals surface area contributed by atoms with Gasteiger partial charge in [0.2, 0.25) is 15.9 Å². The van der Waals surface area contributed by atoms with E-state index in [2.05, 4.69) is 5.32 Å². The van der Waals surface area contributed by atoms with Crippen LogP contribution in [0.5, 0.6) is 0 Å². The lowest BCUT2D eigenvalue weighted by molar-refractivity contribution is -0.159. The van der Waals surface area contributed by atoms with Crippen molar-refractivity contribution in [2.75, 3.05) is 36.1 Å². The number of fused-ring (bicyclic) bond motifs is 1. The highest BCUT2D eigenvalue weighted by Crippen LogP contribution is 2.30. The zero-order valence-electron chi connectivity index (χ0n) is 15.8. The van der Waals surface area contributed by atoms with Crippen LogP contribution < -0.4 is 10.2 Å². The fourth-order valence-corrected chi connectivity index (χ4v) is 4.27. The zero-order valence-corrected chi connectivity index (χ0v) is 16.6. The van der Waals surface area contributed by atoms with Crippen LogP contribution in [0.15, 0.2) is 24.3 Å². The van der Waals surface area contributed by atoms with Gasteiger partial charge in [-0.3, -0.25) is 19.3 Å². The number of hydrogen-bond donors (Lipinski definition) is 1. The van der Waals surface area contributed by atoms with Crippen LogP contribution in [0.3, 0.4) is 0 Å². The quantitative estimate of drug-likeness (QED) is 0.728. The molecule has 1 unspecified atom stereocenters. The Morgan fingerprint density at radius 1 is 1.21 bits per heavy atom. The molecule has 152 valence electrons. The van der Waals surface area contributed by atoms with E-state index < -0.39 is 33.9 Å². The topological polar surface area (TPSA) is 113 Å². The number of para-hydroxylation sites is 2. The maximum atomic E-state index is 12.8. The molecule has 2 aliphatic heterocycles. The molecule has 0 aromatic heterocycles. The lowest BCUT2D eigenvalue weighted by Crippen LogP contribution is -2.47. The van der Waals surface area contributed by atoms with Gasteiger partial charge in [0, 0.05) is 13.1 Å². The smallest absolute Gasteiger partial charge is 0.309 e. The summed E-state index contributed by atoms with van der Waals surface area (Å²) in [4.78, 5) is 38.4. The maximum Gasteiger partial charge on any atom is 0.309 e. The first-order valence-electron chi connectivity index (χ1n) is 9.02. The van der Waals surface area contributed by atoms with Crippen molar-refractivity contribution >= 4 is 39.2 Å². The summed E-state index contributed by atoms with van der Waals surface area (Å²) in [5.74, 6) is -1.78. The number of amides is 2. The van der Waals surface area contributed by atoms with Crippen LogP contribution in [-0.2, 0) is 29.1 Å². The van der Waals surface area contributed by atoms with Crippen LogP contribution in [0.1, 0.15) is 19.8 Å². The van der Waals surface area contributed by atoms with Crippen molar-refractivity contribution in [1.82, 2.24) is 4.31 Å². The van der Waals surface area contributed by atoms with E-state index in [4.69, 9.17) is 4.74 Å². The molecular weight excluding hydrogens is 386 g/mol. The Kier molecular flexibility index (Phi) is 5.71. The molecule has 2 heterocycles. The van der Waals surface area contributed by atoms with Crippen LogP contribution in [0.25, 0.3) is 0 Å². The summed E-state index contributed by atoms with van der Waals surface area (Å²) in [5.41, 5.74) is 1.08. The number of ether oxygens (including phenoxy) is 1. The van der Waals surface area contributed by atoms with Crippen LogP contribution >= 0.6 is 0 Å². The van der Waals surface area contributed by atoms with E-state index in [1.807, 2.05) is 0 Å². The summed E-state index contributed by atoms with van der Waals surface area (Å²) in [6, 6.07) is 6.91. The molecule has 0 saturated carbocycles. The summed E-state index contributed by atoms with van der Waals surface area (Å²) < 4.78 is 29.8. The third-order valence-electron chi connectivity index (χ3n) is 4.93. The number of nitrogens with one attached hydrogen (secondary N) is 1. The summed E-state index contributed by atoms with van der Waals surface area (Å²) >= 11 is 0. The second-order valence-electron chi connectivity index (χ2n) is 7.01. The van der Waals surface area contributed by atoms with E-state index in [0.717, 1.165) is 6.26 Å². The van der Waals surface area contributed by atoms with Gasteiger partial charge >= 0.3 is 5.97 Å². The molecule has 1 saturated heterocycles. The van der Waals surface area contributed by atoms with Crippen LogP contribution in [0.4, 0.5) is 11.4 Å². The molecular formula is C18H23N3O6S. The van der Waals surface area contributed by atoms with Gasteiger partial charge in [-0.05, 0) is 31.9 Å². The summed E-state index contributed by atoms with van der Waals surface area (Å²) in [6.45, 7) is 1.83. The van der Waals surface area contributed by atoms with Crippen molar-refractivity contribution in [1.29, 1.82) is 0 Å². The highest BCUT2D eigenvalue weighted by Gasteiger charge is 2.34. The van der Waals surface area contributed by atoms with E-state index in [9.17, 15) is 22.8 Å². The first-order valence-corrected chi connectivity index (χ1v) is 10.9. The Morgan fingerprint density at radius 2 is 1.86 bits per heavy atom. The zero-order chi connectivity index (χ0) is 20.5. The molecule has 0 radical (unpaired) electrons. The standard InChI is InChI=1S/C18H23N3O6S/c1-12(27-18(24)13-7-9-20(10-8-13)28(2,25)26)17(23)21-11-16(22)19-14-5-3-4-6-15(14)21/h3-6,12-13H,7-11H2,1-2H3,(H,19,22). The number of esters is 1. The first kappa shape index (κ1) is 20.3. The molecule has 1 aromatic carbocycles. The van der Waals surface area contributed by atoms with Gasteiger partial charge in [-0.15, -0.1) is 0 Å². The Morgan fingerprint density at radius 3 is 2.50 bits per heavy atom. The van der Waals surface area contributed by atoms with Crippen molar-refractivity contribution in [3.63, 3.8) is 0 Å². The molecule has 1 atom stereocenters. The largest absolute Gasteiger partial charge is 0.452 e. The van der Waals surface area contributed by atoms with Gasteiger partial charge in [0.1, 0.15) is 6.54 Å². The molecule has 1 aromatic rings. The second-order valence-corrected chi connectivity index (χ2v) is 8.99. The third-order valence-corrected chi connectivity index (χ3v) is 6.24. The number of piperidine rings is 1. The number of anilines is 2. The molecule has 2 amide bonds. The van der Waals surface area contributed by atoms with E-state index in [0.29, 0.717) is 24.2 Å². The van der Waals surface area contributed by atoms with Crippen molar-refractivity contribution in [3.05, 3.63) is 24.3 Å². The molecule has 0 bridgehead atoms. The summed E-state index contributed by atoms with van der Waals surface area (Å²) in [7, 11) is -3.28. The second kappa shape index (κ2) is 7.88. The Hall–Kier alpha value is -2.46. The third kappa shape index (κ3) is 4.33. The fourth-order valence-electron chi connectivity index (χ4n) is 3.39. The van der Waals surface area contributed by atoms with Crippen LogP contribution in [0.2, 0.25) is 0 Å². The molecule has 9 nitrogen and oxygen atoms in total. The normalized spacial score (nSPS) is 19.5. The molecule has 28 heavy (non-hydrogen) atoms. The monoisotopic (exact) mass is 409 g/mol. The van der Waals surface area contributed by atoms with Gasteiger partial charge in [0.15, 0.2) is 6.10 Å². The average molecular weight is 409 g/mol. The predicted octanol–water partition coefficient (Wildman–Crippen LogP) is 0.575. The van der Waals surface area contributed by atoms with Crippen molar-refractivity contribution in [3.8, 4) is 0 Å². The Balaban J connectivity index is 1.62. The predicted molar refractivity (Wildman–Crippen MR) is 102 cm³/mol. The number of sulfonamides is 1. The van der Waals surface area contributed by atoms with Crippen LogP contribution in [-0.4, -0.2) is 62.5 Å². The summed E-state index contributed by atoms with van der Waals surface area (Å²) in [5, 5.41) is 2.70. The lowest BCUT2D eigenvalue weighted by atomic mass is 9.98.